The number of anilines is 1. The summed E-state index contributed by atoms with van der Waals surface area (Å²) >= 11 is 0. The van der Waals surface area contributed by atoms with Crippen molar-refractivity contribution in [2.45, 2.75) is 31.9 Å². The molecule has 0 bridgehead atoms. The van der Waals surface area contributed by atoms with Crippen LogP contribution in [0.25, 0.3) is 0 Å². The Morgan fingerprint density at radius 2 is 1.62 bits per heavy atom. The lowest BCUT2D eigenvalue weighted by Crippen LogP contribution is -2.37. The third kappa shape index (κ3) is 3.71. The van der Waals surface area contributed by atoms with Gasteiger partial charge in [-0.25, -0.2) is 0 Å². The van der Waals surface area contributed by atoms with Gasteiger partial charge in [0.25, 0.3) is 0 Å². The van der Waals surface area contributed by atoms with Crippen LogP contribution in [0.4, 0.5) is 18.9 Å². The number of piperidine rings is 1. The summed E-state index contributed by atoms with van der Waals surface area (Å²) in [7, 11) is 0. The Morgan fingerprint density at radius 3 is 2.21 bits per heavy atom. The summed E-state index contributed by atoms with van der Waals surface area (Å²) in [5.74, 6) is -0.924. The minimum Gasteiger partial charge on any atom is -0.342 e. The van der Waals surface area contributed by atoms with Crippen LogP contribution in [0.3, 0.4) is 0 Å². The summed E-state index contributed by atoms with van der Waals surface area (Å²) < 4.78 is 37.5. The standard InChI is InChI=1S/C17H19F3N2O2/c18-17(19,20)11-4-6-12(7-5-11)21-15(23)13-10-14(13)16(24)22-8-2-1-3-9-22/h4-7,13-14H,1-3,8-10H2,(H,21,23). The number of nitrogens with zero attached hydrogens (tertiary/aromatic N) is 1. The monoisotopic (exact) mass is 340 g/mol. The van der Waals surface area contributed by atoms with Crippen LogP contribution in [0, 0.1) is 11.8 Å². The van der Waals surface area contributed by atoms with Crippen molar-refractivity contribution in [2.24, 2.45) is 11.8 Å². The highest BCUT2D eigenvalue weighted by atomic mass is 19.4. The number of hydrogen-bond donors (Lipinski definition) is 1. The van der Waals surface area contributed by atoms with E-state index in [2.05, 4.69) is 5.32 Å². The molecular formula is C17H19F3N2O2. The number of rotatable bonds is 3. The molecule has 3 rings (SSSR count). The van der Waals surface area contributed by atoms with Crippen molar-refractivity contribution in [3.63, 3.8) is 0 Å². The first-order valence-electron chi connectivity index (χ1n) is 8.13. The van der Waals surface area contributed by atoms with Crippen LogP contribution >= 0.6 is 0 Å². The van der Waals surface area contributed by atoms with E-state index in [0.29, 0.717) is 12.1 Å². The fourth-order valence-corrected chi connectivity index (χ4v) is 3.08. The van der Waals surface area contributed by atoms with Crippen LogP contribution in [-0.2, 0) is 15.8 Å². The Morgan fingerprint density at radius 1 is 1.00 bits per heavy atom. The van der Waals surface area contributed by atoms with Gasteiger partial charge >= 0.3 is 6.18 Å². The molecule has 1 aromatic rings. The number of hydrogen-bond acceptors (Lipinski definition) is 2. The summed E-state index contributed by atoms with van der Waals surface area (Å²) in [4.78, 5) is 26.3. The smallest absolute Gasteiger partial charge is 0.342 e. The van der Waals surface area contributed by atoms with Gasteiger partial charge in [-0.1, -0.05) is 0 Å². The molecular weight excluding hydrogens is 321 g/mol. The van der Waals surface area contributed by atoms with E-state index in [4.69, 9.17) is 0 Å². The number of carbonyl (C=O) groups excluding carboxylic acids is 2. The van der Waals surface area contributed by atoms with Gasteiger partial charge in [-0.2, -0.15) is 13.2 Å². The van der Waals surface area contributed by atoms with Crippen LogP contribution in [0.2, 0.25) is 0 Å². The van der Waals surface area contributed by atoms with Gasteiger partial charge < -0.3 is 10.2 Å². The molecule has 2 aliphatic rings. The van der Waals surface area contributed by atoms with Gasteiger partial charge in [0.2, 0.25) is 11.8 Å². The van der Waals surface area contributed by atoms with E-state index in [9.17, 15) is 22.8 Å². The van der Waals surface area contributed by atoms with E-state index < -0.39 is 11.7 Å². The normalized spacial score (nSPS) is 23.7. The highest BCUT2D eigenvalue weighted by Crippen LogP contribution is 2.41. The highest BCUT2D eigenvalue weighted by molar-refractivity contribution is 5.99. The summed E-state index contributed by atoms with van der Waals surface area (Å²) in [6, 6.07) is 4.31. The third-order valence-electron chi connectivity index (χ3n) is 4.59. The Balaban J connectivity index is 1.54. The minimum absolute atomic E-state index is 0.0299. The maximum absolute atomic E-state index is 12.5. The number of likely N-dealkylation sites (tertiary alicyclic amines) is 1. The lowest BCUT2D eigenvalue weighted by Gasteiger charge is -2.26. The molecule has 130 valence electrons. The van der Waals surface area contributed by atoms with Gasteiger partial charge in [-0.15, -0.1) is 0 Å². The number of alkyl halides is 3. The maximum Gasteiger partial charge on any atom is 0.416 e. The zero-order valence-corrected chi connectivity index (χ0v) is 13.1. The van der Waals surface area contributed by atoms with Crippen LogP contribution in [-0.4, -0.2) is 29.8 Å². The second-order valence-corrected chi connectivity index (χ2v) is 6.40. The van der Waals surface area contributed by atoms with Crippen molar-refractivity contribution in [3.8, 4) is 0 Å². The van der Waals surface area contributed by atoms with E-state index in [0.717, 1.165) is 44.5 Å². The molecule has 0 radical (unpaired) electrons. The molecule has 1 saturated heterocycles. The molecule has 2 unspecified atom stereocenters. The molecule has 1 heterocycles. The maximum atomic E-state index is 12.5. The first-order valence-corrected chi connectivity index (χ1v) is 8.13. The van der Waals surface area contributed by atoms with Gasteiger partial charge in [-0.05, 0) is 49.9 Å². The Kier molecular flexibility index (Phi) is 4.51. The van der Waals surface area contributed by atoms with Crippen molar-refractivity contribution in [2.75, 3.05) is 18.4 Å². The molecule has 1 aromatic carbocycles. The molecule has 24 heavy (non-hydrogen) atoms. The minimum atomic E-state index is -4.40. The molecule has 7 heteroatoms. The fourth-order valence-electron chi connectivity index (χ4n) is 3.08. The molecule has 4 nitrogen and oxygen atoms in total. The van der Waals surface area contributed by atoms with Gasteiger partial charge in [0.1, 0.15) is 0 Å². The number of carbonyl (C=O) groups is 2. The second kappa shape index (κ2) is 6.45. The van der Waals surface area contributed by atoms with Crippen molar-refractivity contribution in [3.05, 3.63) is 29.8 Å². The van der Waals surface area contributed by atoms with Gasteiger partial charge in [0.15, 0.2) is 0 Å². The lowest BCUT2D eigenvalue weighted by atomic mass is 10.1. The molecule has 2 atom stereocenters. The lowest BCUT2D eigenvalue weighted by molar-refractivity contribution is -0.137. The van der Waals surface area contributed by atoms with Crippen LogP contribution in [0.1, 0.15) is 31.2 Å². The van der Waals surface area contributed by atoms with Crippen molar-refractivity contribution >= 4 is 17.5 Å². The fraction of sp³-hybridized carbons (Fsp3) is 0.529. The van der Waals surface area contributed by atoms with Crippen LogP contribution < -0.4 is 5.32 Å². The topological polar surface area (TPSA) is 49.4 Å². The zero-order valence-electron chi connectivity index (χ0n) is 13.1. The Labute approximate surface area is 138 Å². The second-order valence-electron chi connectivity index (χ2n) is 6.40. The quantitative estimate of drug-likeness (QED) is 0.918. The summed E-state index contributed by atoms with van der Waals surface area (Å²) in [5.41, 5.74) is -0.450. The average Bonchev–Trinajstić information content (AvgIpc) is 3.35. The van der Waals surface area contributed by atoms with Gasteiger partial charge in [0, 0.05) is 18.8 Å². The zero-order chi connectivity index (χ0) is 17.3. The average molecular weight is 340 g/mol. The molecule has 2 amide bonds. The first-order chi connectivity index (χ1) is 11.4. The van der Waals surface area contributed by atoms with E-state index >= 15 is 0 Å². The molecule has 2 fully saturated rings. The van der Waals surface area contributed by atoms with E-state index in [1.54, 1.807) is 0 Å². The molecule has 1 aliphatic carbocycles. The predicted molar refractivity (Wildman–Crippen MR) is 82.1 cm³/mol. The highest BCUT2D eigenvalue weighted by Gasteiger charge is 2.49. The van der Waals surface area contributed by atoms with Gasteiger partial charge in [-0.3, -0.25) is 9.59 Å². The number of halogens is 3. The van der Waals surface area contributed by atoms with E-state index in [1.165, 1.54) is 12.1 Å². The SMILES string of the molecule is O=C(Nc1ccc(C(F)(F)F)cc1)C1CC1C(=O)N1CCCCC1. The van der Waals surface area contributed by atoms with Crippen molar-refractivity contribution in [1.29, 1.82) is 0 Å². The molecule has 1 aliphatic heterocycles. The largest absolute Gasteiger partial charge is 0.416 e. The van der Waals surface area contributed by atoms with Crippen LogP contribution in [0.15, 0.2) is 24.3 Å². The van der Waals surface area contributed by atoms with Crippen LogP contribution in [0.5, 0.6) is 0 Å². The molecule has 0 spiro atoms. The Hall–Kier alpha value is -2.05. The first kappa shape index (κ1) is 16.8. The molecule has 1 saturated carbocycles. The summed E-state index contributed by atoms with van der Waals surface area (Å²) in [6.45, 7) is 1.51. The van der Waals surface area contributed by atoms with E-state index in [-0.39, 0.29) is 23.7 Å². The van der Waals surface area contributed by atoms with E-state index in [1.807, 2.05) is 4.90 Å². The molecule has 1 N–H and O–H groups in total. The number of nitrogens with one attached hydrogen (secondary N) is 1. The molecule has 0 aromatic heterocycles. The van der Waals surface area contributed by atoms with Gasteiger partial charge in [0.05, 0.1) is 17.4 Å². The summed E-state index contributed by atoms with van der Waals surface area (Å²) in [6.07, 6.45) is -0.749. The van der Waals surface area contributed by atoms with Crippen molar-refractivity contribution < 1.29 is 22.8 Å². The Bertz CT molecular complexity index is 622. The summed E-state index contributed by atoms with van der Waals surface area (Å²) in [5, 5.41) is 2.59. The third-order valence-corrected chi connectivity index (χ3v) is 4.59. The van der Waals surface area contributed by atoms with Crippen molar-refractivity contribution in [1.82, 2.24) is 4.90 Å². The predicted octanol–water partition coefficient (Wildman–Crippen LogP) is 3.29. The number of amides is 2. The number of benzene rings is 1.